The van der Waals surface area contributed by atoms with Gasteiger partial charge in [-0.25, -0.2) is 0 Å². The molecule has 0 unspecified atom stereocenters. The van der Waals surface area contributed by atoms with Crippen LogP contribution in [0.25, 0.3) is 0 Å². The number of piperidine rings is 1. The predicted molar refractivity (Wildman–Crippen MR) is 82.3 cm³/mol. The molecule has 0 aromatic carbocycles. The van der Waals surface area contributed by atoms with Gasteiger partial charge in [0.25, 0.3) is 0 Å². The predicted octanol–water partition coefficient (Wildman–Crippen LogP) is 1.51. The summed E-state index contributed by atoms with van der Waals surface area (Å²) in [4.78, 5) is 16.4. The zero-order valence-corrected chi connectivity index (χ0v) is 13.8. The van der Waals surface area contributed by atoms with Gasteiger partial charge in [0.2, 0.25) is 5.91 Å². The molecule has 122 valence electrons. The first-order valence-corrected chi connectivity index (χ1v) is 8.32. The van der Waals surface area contributed by atoms with Gasteiger partial charge in [0, 0.05) is 39.9 Å². The Labute approximate surface area is 128 Å². The zero-order valence-electron chi connectivity index (χ0n) is 13.8. The van der Waals surface area contributed by atoms with Crippen LogP contribution in [0.15, 0.2) is 0 Å². The van der Waals surface area contributed by atoms with Gasteiger partial charge in [0.15, 0.2) is 0 Å². The second-order valence-electron chi connectivity index (χ2n) is 6.12. The molecule has 0 N–H and O–H groups in total. The lowest BCUT2D eigenvalue weighted by Gasteiger charge is -2.48. The van der Waals surface area contributed by atoms with Crippen molar-refractivity contribution in [2.24, 2.45) is 0 Å². The Morgan fingerprint density at radius 3 is 2.57 bits per heavy atom. The number of carbonyl (C=O) groups excluding carboxylic acids is 1. The van der Waals surface area contributed by atoms with E-state index in [0.717, 1.165) is 58.5 Å². The topological polar surface area (TPSA) is 42.0 Å². The average Bonchev–Trinajstić information content (AvgIpc) is 2.51. The second-order valence-corrected chi connectivity index (χ2v) is 6.12. The monoisotopic (exact) mass is 298 g/mol. The fourth-order valence-corrected chi connectivity index (χ4v) is 3.66. The van der Waals surface area contributed by atoms with Gasteiger partial charge >= 0.3 is 0 Å². The van der Waals surface area contributed by atoms with Crippen LogP contribution in [0.3, 0.4) is 0 Å². The van der Waals surface area contributed by atoms with Gasteiger partial charge in [-0.3, -0.25) is 9.69 Å². The maximum atomic E-state index is 12.2. The van der Waals surface area contributed by atoms with E-state index >= 15 is 0 Å². The highest BCUT2D eigenvalue weighted by molar-refractivity contribution is 5.78. The number of methoxy groups -OCH3 is 1. The molecule has 2 aliphatic rings. The van der Waals surface area contributed by atoms with Gasteiger partial charge < -0.3 is 14.4 Å². The third-order valence-electron chi connectivity index (χ3n) is 5.05. The summed E-state index contributed by atoms with van der Waals surface area (Å²) in [7, 11) is 1.79. The molecular weight excluding hydrogens is 268 g/mol. The minimum atomic E-state index is -0.109. The highest BCUT2D eigenvalue weighted by Crippen LogP contribution is 2.36. The van der Waals surface area contributed by atoms with Gasteiger partial charge in [-0.05, 0) is 39.5 Å². The molecule has 0 bridgehead atoms. The number of ether oxygens (including phenoxy) is 2. The number of rotatable bonds is 5. The van der Waals surface area contributed by atoms with E-state index in [1.54, 1.807) is 7.11 Å². The van der Waals surface area contributed by atoms with E-state index in [9.17, 15) is 4.79 Å². The molecule has 0 aromatic heterocycles. The molecule has 5 nitrogen and oxygen atoms in total. The largest absolute Gasteiger partial charge is 0.378 e. The van der Waals surface area contributed by atoms with Crippen molar-refractivity contribution in [2.75, 3.05) is 46.4 Å². The van der Waals surface area contributed by atoms with E-state index in [-0.39, 0.29) is 17.6 Å². The molecule has 0 aliphatic carbocycles. The highest BCUT2D eigenvalue weighted by atomic mass is 16.5. The zero-order chi connectivity index (χ0) is 15.3. The quantitative estimate of drug-likeness (QED) is 0.772. The van der Waals surface area contributed by atoms with Crippen molar-refractivity contribution in [1.82, 2.24) is 9.80 Å². The normalized spacial score (nSPS) is 26.0. The van der Waals surface area contributed by atoms with E-state index in [0.29, 0.717) is 6.54 Å². The number of likely N-dealkylation sites (tertiary alicyclic amines) is 1. The number of carbonyl (C=O) groups is 1. The minimum Gasteiger partial charge on any atom is -0.378 e. The molecule has 2 aliphatic heterocycles. The van der Waals surface area contributed by atoms with Gasteiger partial charge in [-0.1, -0.05) is 0 Å². The lowest BCUT2D eigenvalue weighted by molar-refractivity contribution is -0.186. The SMILES string of the molecule is CCN(CC)C(=O)CN1CCC2(CC1)OCCC[C@@H]2OC. The number of amides is 1. The van der Waals surface area contributed by atoms with Crippen LogP contribution in [0, 0.1) is 0 Å². The number of nitrogens with zero attached hydrogens (tertiary/aromatic N) is 2. The summed E-state index contributed by atoms with van der Waals surface area (Å²) < 4.78 is 11.8. The van der Waals surface area contributed by atoms with Crippen LogP contribution in [-0.2, 0) is 14.3 Å². The first kappa shape index (κ1) is 16.7. The smallest absolute Gasteiger partial charge is 0.236 e. The van der Waals surface area contributed by atoms with Crippen LogP contribution >= 0.6 is 0 Å². The average molecular weight is 298 g/mol. The Morgan fingerprint density at radius 1 is 1.33 bits per heavy atom. The highest BCUT2D eigenvalue weighted by Gasteiger charge is 2.44. The molecule has 0 aromatic rings. The lowest BCUT2D eigenvalue weighted by Crippen LogP contribution is -2.56. The second kappa shape index (κ2) is 7.56. The molecule has 0 saturated carbocycles. The molecule has 1 amide bonds. The molecule has 1 atom stereocenters. The Hall–Kier alpha value is -0.650. The summed E-state index contributed by atoms with van der Waals surface area (Å²) in [6, 6.07) is 0. The van der Waals surface area contributed by atoms with Crippen molar-refractivity contribution in [2.45, 2.75) is 51.2 Å². The molecule has 1 spiro atoms. The van der Waals surface area contributed by atoms with Crippen molar-refractivity contribution in [3.8, 4) is 0 Å². The summed E-state index contributed by atoms with van der Waals surface area (Å²) in [5.74, 6) is 0.240. The third-order valence-corrected chi connectivity index (χ3v) is 5.05. The number of hydrogen-bond donors (Lipinski definition) is 0. The molecular formula is C16H30N2O3. The molecule has 2 heterocycles. The fraction of sp³-hybridized carbons (Fsp3) is 0.938. The minimum absolute atomic E-state index is 0.109. The van der Waals surface area contributed by atoms with E-state index in [4.69, 9.17) is 9.47 Å². The molecule has 2 saturated heterocycles. The van der Waals surface area contributed by atoms with E-state index in [1.807, 2.05) is 18.7 Å². The maximum Gasteiger partial charge on any atom is 0.236 e. The summed E-state index contributed by atoms with van der Waals surface area (Å²) in [6.07, 6.45) is 4.33. The van der Waals surface area contributed by atoms with E-state index in [1.165, 1.54) is 0 Å². The van der Waals surface area contributed by atoms with Crippen LogP contribution in [0.5, 0.6) is 0 Å². The van der Waals surface area contributed by atoms with Crippen molar-refractivity contribution >= 4 is 5.91 Å². The summed E-state index contributed by atoms with van der Waals surface area (Å²) in [6.45, 7) is 8.88. The van der Waals surface area contributed by atoms with Gasteiger partial charge in [0.1, 0.15) is 0 Å². The first-order valence-electron chi connectivity index (χ1n) is 8.32. The van der Waals surface area contributed by atoms with Crippen molar-refractivity contribution < 1.29 is 14.3 Å². The molecule has 2 rings (SSSR count). The number of hydrogen-bond acceptors (Lipinski definition) is 4. The Morgan fingerprint density at radius 2 is 2.00 bits per heavy atom. The van der Waals surface area contributed by atoms with Gasteiger partial charge in [0.05, 0.1) is 18.2 Å². The third kappa shape index (κ3) is 3.76. The molecule has 21 heavy (non-hydrogen) atoms. The summed E-state index contributed by atoms with van der Waals surface area (Å²) in [5.41, 5.74) is -0.109. The lowest BCUT2D eigenvalue weighted by atomic mass is 9.82. The van der Waals surface area contributed by atoms with Crippen LogP contribution in [0.4, 0.5) is 0 Å². The van der Waals surface area contributed by atoms with E-state index < -0.39 is 0 Å². The van der Waals surface area contributed by atoms with Crippen LogP contribution < -0.4 is 0 Å². The first-order chi connectivity index (χ1) is 10.1. The van der Waals surface area contributed by atoms with Crippen molar-refractivity contribution in [1.29, 1.82) is 0 Å². The summed E-state index contributed by atoms with van der Waals surface area (Å²) >= 11 is 0. The van der Waals surface area contributed by atoms with E-state index in [2.05, 4.69) is 4.90 Å². The molecule has 0 radical (unpaired) electrons. The van der Waals surface area contributed by atoms with Crippen molar-refractivity contribution in [3.63, 3.8) is 0 Å². The van der Waals surface area contributed by atoms with Crippen LogP contribution in [0.1, 0.15) is 39.5 Å². The van der Waals surface area contributed by atoms with Crippen molar-refractivity contribution in [3.05, 3.63) is 0 Å². The Kier molecular flexibility index (Phi) is 6.02. The van der Waals surface area contributed by atoms with Crippen LogP contribution in [-0.4, -0.2) is 73.9 Å². The fourth-order valence-electron chi connectivity index (χ4n) is 3.66. The van der Waals surface area contributed by atoms with Gasteiger partial charge in [-0.15, -0.1) is 0 Å². The van der Waals surface area contributed by atoms with Crippen LogP contribution in [0.2, 0.25) is 0 Å². The number of likely N-dealkylation sites (N-methyl/N-ethyl adjacent to an activating group) is 1. The Bertz CT molecular complexity index is 336. The Balaban J connectivity index is 1.86. The van der Waals surface area contributed by atoms with Gasteiger partial charge in [-0.2, -0.15) is 0 Å². The maximum absolute atomic E-state index is 12.2. The summed E-state index contributed by atoms with van der Waals surface area (Å²) in [5, 5.41) is 0. The molecule has 5 heteroatoms. The standard InChI is InChI=1S/C16H30N2O3/c1-4-18(5-2)15(19)13-17-10-8-16(9-11-17)14(20-3)7-6-12-21-16/h14H,4-13H2,1-3H3/t14-/m0/s1. The molecule has 2 fully saturated rings.